The average molecular weight is 831 g/mol. The normalized spacial score (nSPS) is 13.6. The van der Waals surface area contributed by atoms with Crippen LogP contribution in [-0.2, 0) is 16.2 Å². The number of fused-ring (bicyclic) bond motifs is 7. The second-order valence-electron chi connectivity index (χ2n) is 21.1. The van der Waals surface area contributed by atoms with Crippen LogP contribution in [0.3, 0.4) is 0 Å². The molecule has 2 aliphatic heterocycles. The molecule has 0 radical (unpaired) electrons. The second kappa shape index (κ2) is 14.4. The summed E-state index contributed by atoms with van der Waals surface area (Å²) >= 11 is 0. The first-order chi connectivity index (χ1) is 30.6. The third-order valence-corrected chi connectivity index (χ3v) is 13.7. The molecular formula is C60H55BN2O. The average Bonchev–Trinajstić information content (AvgIpc) is 3.67. The molecule has 314 valence electrons. The van der Waals surface area contributed by atoms with Crippen LogP contribution in [-0.4, -0.2) is 6.71 Å². The van der Waals surface area contributed by atoms with Gasteiger partial charge >= 0.3 is 0 Å². The Morgan fingerprint density at radius 1 is 0.391 bits per heavy atom. The SMILES string of the molecule is CC(C)(C)c1ccc2c(c1)B1c3cc(C(C)(C)C)ccc3N(c3ccc(-c4cccc5oc6ccccc6c45)cc3)c3cc(C(C)(C)C)cc(c31)N2c1ccc(-c2ccccc2)cc1. The summed E-state index contributed by atoms with van der Waals surface area (Å²) in [6.07, 6.45) is 0. The smallest absolute Gasteiger partial charge is 0.252 e. The van der Waals surface area contributed by atoms with Crippen molar-refractivity contribution in [3.8, 4) is 22.3 Å². The Balaban J connectivity index is 1.17. The molecule has 0 atom stereocenters. The van der Waals surface area contributed by atoms with E-state index in [-0.39, 0.29) is 23.0 Å². The molecule has 0 aliphatic carbocycles. The van der Waals surface area contributed by atoms with Crippen molar-refractivity contribution in [3.05, 3.63) is 187 Å². The first-order valence-corrected chi connectivity index (χ1v) is 22.9. The highest BCUT2D eigenvalue weighted by atomic mass is 16.3. The summed E-state index contributed by atoms with van der Waals surface area (Å²) in [5, 5.41) is 2.30. The topological polar surface area (TPSA) is 19.6 Å². The molecule has 9 aromatic rings. The molecule has 0 fully saturated rings. The summed E-state index contributed by atoms with van der Waals surface area (Å²) in [5.74, 6) is 0. The Kier molecular flexibility index (Phi) is 8.99. The Bertz CT molecular complexity index is 3270. The van der Waals surface area contributed by atoms with Crippen molar-refractivity contribution in [1.82, 2.24) is 0 Å². The minimum atomic E-state index is -0.113. The minimum absolute atomic E-state index is 0.0240. The van der Waals surface area contributed by atoms with Gasteiger partial charge in [0.1, 0.15) is 11.2 Å². The van der Waals surface area contributed by atoms with Gasteiger partial charge in [0, 0.05) is 44.9 Å². The van der Waals surface area contributed by atoms with Gasteiger partial charge in [-0.05, 0) is 132 Å². The third kappa shape index (κ3) is 6.49. The zero-order chi connectivity index (χ0) is 44.3. The van der Waals surface area contributed by atoms with E-state index in [0.717, 1.165) is 33.3 Å². The van der Waals surface area contributed by atoms with Crippen molar-refractivity contribution in [2.24, 2.45) is 0 Å². The van der Waals surface area contributed by atoms with E-state index >= 15 is 0 Å². The van der Waals surface area contributed by atoms with E-state index in [1.165, 1.54) is 78.1 Å². The lowest BCUT2D eigenvalue weighted by Gasteiger charge is -2.45. The number of rotatable bonds is 4. The number of hydrogen-bond acceptors (Lipinski definition) is 3. The fourth-order valence-corrected chi connectivity index (χ4v) is 10.2. The lowest BCUT2D eigenvalue weighted by atomic mass is 9.33. The van der Waals surface area contributed by atoms with Crippen molar-refractivity contribution in [1.29, 1.82) is 0 Å². The van der Waals surface area contributed by atoms with E-state index in [0.29, 0.717) is 0 Å². The zero-order valence-electron chi connectivity index (χ0n) is 38.5. The molecule has 64 heavy (non-hydrogen) atoms. The van der Waals surface area contributed by atoms with Crippen LogP contribution < -0.4 is 26.2 Å². The van der Waals surface area contributed by atoms with Gasteiger partial charge in [-0.2, -0.15) is 0 Å². The molecule has 2 aliphatic rings. The van der Waals surface area contributed by atoms with Crippen molar-refractivity contribution >= 4 is 79.2 Å². The van der Waals surface area contributed by atoms with Gasteiger partial charge in [0.25, 0.3) is 6.71 Å². The quantitative estimate of drug-likeness (QED) is 0.165. The maximum Gasteiger partial charge on any atom is 0.252 e. The Hall–Kier alpha value is -6.78. The van der Waals surface area contributed by atoms with E-state index in [1.807, 2.05) is 6.07 Å². The maximum absolute atomic E-state index is 6.33. The highest BCUT2D eigenvalue weighted by Crippen LogP contribution is 2.48. The van der Waals surface area contributed by atoms with Crippen LogP contribution in [0.15, 0.2) is 174 Å². The lowest BCUT2D eigenvalue weighted by molar-refractivity contribution is 0.590. The van der Waals surface area contributed by atoms with Crippen molar-refractivity contribution in [3.63, 3.8) is 0 Å². The number of nitrogens with zero attached hydrogens (tertiary/aromatic N) is 2. The number of hydrogen-bond donors (Lipinski definition) is 0. The predicted octanol–water partition coefficient (Wildman–Crippen LogP) is 14.9. The highest BCUT2D eigenvalue weighted by Gasteiger charge is 2.45. The lowest BCUT2D eigenvalue weighted by Crippen LogP contribution is -2.61. The molecule has 4 heteroatoms. The van der Waals surface area contributed by atoms with Crippen LogP contribution in [0, 0.1) is 0 Å². The molecule has 1 aromatic heterocycles. The maximum atomic E-state index is 6.33. The van der Waals surface area contributed by atoms with Gasteiger partial charge in [0.2, 0.25) is 0 Å². The summed E-state index contributed by atoms with van der Waals surface area (Å²) in [5.41, 5.74) is 21.7. The molecule has 0 amide bonds. The van der Waals surface area contributed by atoms with Crippen LogP contribution in [0.25, 0.3) is 44.2 Å². The molecule has 0 saturated carbocycles. The van der Waals surface area contributed by atoms with E-state index < -0.39 is 0 Å². The molecule has 8 aromatic carbocycles. The van der Waals surface area contributed by atoms with Gasteiger partial charge in [-0.3, -0.25) is 0 Å². The number of benzene rings is 8. The summed E-state index contributed by atoms with van der Waals surface area (Å²) < 4.78 is 6.33. The van der Waals surface area contributed by atoms with Crippen LogP contribution in [0.5, 0.6) is 0 Å². The van der Waals surface area contributed by atoms with E-state index in [2.05, 4.69) is 236 Å². The molecule has 3 heterocycles. The number of para-hydroxylation sites is 1. The van der Waals surface area contributed by atoms with Gasteiger partial charge in [-0.25, -0.2) is 0 Å². The Morgan fingerprint density at radius 3 is 1.42 bits per heavy atom. The Morgan fingerprint density at radius 2 is 0.875 bits per heavy atom. The molecule has 0 bridgehead atoms. The molecule has 0 spiro atoms. The summed E-state index contributed by atoms with van der Waals surface area (Å²) in [6.45, 7) is 21.1. The van der Waals surface area contributed by atoms with E-state index in [4.69, 9.17) is 4.42 Å². The zero-order valence-corrected chi connectivity index (χ0v) is 38.5. The molecular weight excluding hydrogens is 775 g/mol. The molecule has 3 nitrogen and oxygen atoms in total. The van der Waals surface area contributed by atoms with Crippen LogP contribution in [0.1, 0.15) is 79.0 Å². The minimum Gasteiger partial charge on any atom is -0.456 e. The van der Waals surface area contributed by atoms with Crippen molar-refractivity contribution in [2.45, 2.75) is 78.6 Å². The summed E-state index contributed by atoms with van der Waals surface area (Å²) in [6, 6.07) is 63.5. The fraction of sp³-hybridized carbons (Fsp3) is 0.200. The van der Waals surface area contributed by atoms with Gasteiger partial charge < -0.3 is 14.2 Å². The second-order valence-corrected chi connectivity index (χ2v) is 21.1. The Labute approximate surface area is 379 Å². The first-order valence-electron chi connectivity index (χ1n) is 22.9. The van der Waals surface area contributed by atoms with Gasteiger partial charge in [0.05, 0.1) is 0 Å². The fourth-order valence-electron chi connectivity index (χ4n) is 10.2. The molecule has 0 saturated heterocycles. The van der Waals surface area contributed by atoms with Crippen molar-refractivity contribution < 1.29 is 4.42 Å². The summed E-state index contributed by atoms with van der Waals surface area (Å²) in [4.78, 5) is 5.11. The molecule has 0 N–H and O–H groups in total. The van der Waals surface area contributed by atoms with Crippen molar-refractivity contribution in [2.75, 3.05) is 9.80 Å². The van der Waals surface area contributed by atoms with E-state index in [1.54, 1.807) is 0 Å². The van der Waals surface area contributed by atoms with Gasteiger partial charge in [-0.1, -0.05) is 172 Å². The number of anilines is 6. The standard InChI is InChI=1S/C60H55BN2O/c1-58(2,3)41-26-32-50-48(34-41)61-49-35-42(59(4,5)6)27-33-51(49)63(45-30-24-40(25-31-45)46-19-15-21-55-56(46)47-18-13-14-20-54(47)64-55)53-37-43(60(7,8)9)36-52(57(53)61)62(50)44-28-22-39(23-29-44)38-16-11-10-12-17-38/h10-37H,1-9H3. The number of furan rings is 1. The van der Waals surface area contributed by atoms with Crippen LogP contribution in [0.2, 0.25) is 0 Å². The summed E-state index contributed by atoms with van der Waals surface area (Å²) in [7, 11) is 0. The highest BCUT2D eigenvalue weighted by molar-refractivity contribution is 7.00. The third-order valence-electron chi connectivity index (χ3n) is 13.7. The predicted molar refractivity (Wildman–Crippen MR) is 275 cm³/mol. The van der Waals surface area contributed by atoms with E-state index in [9.17, 15) is 0 Å². The largest absolute Gasteiger partial charge is 0.456 e. The molecule has 0 unspecified atom stereocenters. The van der Waals surface area contributed by atoms with Gasteiger partial charge in [0.15, 0.2) is 0 Å². The van der Waals surface area contributed by atoms with Gasteiger partial charge in [-0.15, -0.1) is 0 Å². The molecule has 11 rings (SSSR count). The van der Waals surface area contributed by atoms with Crippen LogP contribution in [0.4, 0.5) is 34.1 Å². The van der Waals surface area contributed by atoms with Crippen LogP contribution >= 0.6 is 0 Å². The first kappa shape index (κ1) is 40.0. The monoisotopic (exact) mass is 830 g/mol.